The molecule has 1 N–H and O–H groups in total. The second kappa shape index (κ2) is 9.51. The quantitative estimate of drug-likeness (QED) is 0.728. The average molecular weight is 199 g/mol. The van der Waals surface area contributed by atoms with Crippen molar-refractivity contribution < 1.29 is 0 Å². The van der Waals surface area contributed by atoms with Crippen molar-refractivity contribution in [3.8, 4) is 0 Å². The van der Waals surface area contributed by atoms with Crippen molar-refractivity contribution in [1.29, 1.82) is 0 Å². The van der Waals surface area contributed by atoms with Crippen LogP contribution >= 0.6 is 0 Å². The molecule has 1 fully saturated rings. The third kappa shape index (κ3) is 7.37. The van der Waals surface area contributed by atoms with E-state index in [1.807, 2.05) is 7.05 Å². The molecule has 0 bridgehead atoms. The fourth-order valence-corrected chi connectivity index (χ4v) is 1.97. The third-order valence-electron chi connectivity index (χ3n) is 2.94. The topological polar surface area (TPSA) is 12.0 Å². The van der Waals surface area contributed by atoms with E-state index in [2.05, 4.69) is 26.1 Å². The van der Waals surface area contributed by atoms with E-state index in [0.717, 1.165) is 11.8 Å². The Morgan fingerprint density at radius 3 is 2.00 bits per heavy atom. The van der Waals surface area contributed by atoms with Gasteiger partial charge in [0.25, 0.3) is 0 Å². The normalized spacial score (nSPS) is 26.6. The van der Waals surface area contributed by atoms with Crippen LogP contribution in [0.4, 0.5) is 0 Å². The van der Waals surface area contributed by atoms with Gasteiger partial charge in [0, 0.05) is 0 Å². The molecule has 0 amide bonds. The first kappa shape index (κ1) is 14.0. The Morgan fingerprint density at radius 1 is 1.07 bits per heavy atom. The van der Waals surface area contributed by atoms with Crippen molar-refractivity contribution in [2.75, 3.05) is 13.6 Å². The molecule has 0 aliphatic heterocycles. The van der Waals surface area contributed by atoms with Gasteiger partial charge in [-0.05, 0) is 31.8 Å². The van der Waals surface area contributed by atoms with Crippen LogP contribution in [-0.2, 0) is 0 Å². The molecular formula is C13H29N. The van der Waals surface area contributed by atoms with Gasteiger partial charge in [0.1, 0.15) is 0 Å². The Morgan fingerprint density at radius 2 is 1.57 bits per heavy atom. The molecule has 0 heterocycles. The summed E-state index contributed by atoms with van der Waals surface area (Å²) in [7, 11) is 2.05. The van der Waals surface area contributed by atoms with Crippen LogP contribution in [0.1, 0.15) is 59.3 Å². The maximum atomic E-state index is 3.23. The minimum absolute atomic E-state index is 1.00. The largest absolute Gasteiger partial charge is 0.320 e. The van der Waals surface area contributed by atoms with Gasteiger partial charge in [0.05, 0.1) is 0 Å². The number of hydrogen-bond acceptors (Lipinski definition) is 1. The summed E-state index contributed by atoms with van der Waals surface area (Å²) in [6.07, 6.45) is 8.53. The first-order chi connectivity index (χ1) is 6.74. The lowest BCUT2D eigenvalue weighted by Crippen LogP contribution is -2.17. The van der Waals surface area contributed by atoms with E-state index in [9.17, 15) is 0 Å². The highest BCUT2D eigenvalue weighted by Gasteiger charge is 2.16. The summed E-state index contributed by atoms with van der Waals surface area (Å²) in [6.45, 7) is 7.84. The van der Waals surface area contributed by atoms with Gasteiger partial charge in [-0.15, -0.1) is 0 Å². The number of hydrogen-bond donors (Lipinski definition) is 1. The molecule has 14 heavy (non-hydrogen) atoms. The molecule has 1 saturated carbocycles. The SMILES string of the molecule is CCC.CNCCC1CCC(C)CC1. The summed E-state index contributed by atoms with van der Waals surface area (Å²) in [6, 6.07) is 0. The second-order valence-electron chi connectivity index (χ2n) is 4.73. The van der Waals surface area contributed by atoms with Crippen LogP contribution in [0, 0.1) is 11.8 Å². The van der Waals surface area contributed by atoms with Gasteiger partial charge in [0.2, 0.25) is 0 Å². The van der Waals surface area contributed by atoms with Gasteiger partial charge in [-0.25, -0.2) is 0 Å². The standard InChI is InChI=1S/C10H21N.C3H8/c1-9-3-5-10(6-4-9)7-8-11-2;1-3-2/h9-11H,3-8H2,1-2H3;3H2,1-2H3. The molecular weight excluding hydrogens is 170 g/mol. The van der Waals surface area contributed by atoms with E-state index in [4.69, 9.17) is 0 Å². The fourth-order valence-electron chi connectivity index (χ4n) is 1.97. The zero-order valence-corrected chi connectivity index (χ0v) is 10.6. The summed E-state index contributed by atoms with van der Waals surface area (Å²) in [5, 5.41) is 3.23. The van der Waals surface area contributed by atoms with E-state index >= 15 is 0 Å². The summed E-state index contributed by atoms with van der Waals surface area (Å²) >= 11 is 0. The highest BCUT2D eigenvalue weighted by molar-refractivity contribution is 4.70. The predicted octanol–water partition coefficient (Wildman–Crippen LogP) is 3.84. The molecule has 0 aromatic heterocycles. The summed E-state index contributed by atoms with van der Waals surface area (Å²) in [5.41, 5.74) is 0. The first-order valence-corrected chi connectivity index (χ1v) is 6.39. The van der Waals surface area contributed by atoms with Crippen molar-refractivity contribution in [3.05, 3.63) is 0 Å². The maximum absolute atomic E-state index is 3.23. The molecule has 1 heteroatoms. The van der Waals surface area contributed by atoms with E-state index in [1.54, 1.807) is 0 Å². The summed E-state index contributed by atoms with van der Waals surface area (Å²) in [5.74, 6) is 2.03. The van der Waals surface area contributed by atoms with Gasteiger partial charge in [0.15, 0.2) is 0 Å². The van der Waals surface area contributed by atoms with Crippen LogP contribution in [0.5, 0.6) is 0 Å². The minimum Gasteiger partial charge on any atom is -0.320 e. The lowest BCUT2D eigenvalue weighted by atomic mass is 9.81. The molecule has 0 unspecified atom stereocenters. The predicted molar refractivity (Wildman–Crippen MR) is 65.6 cm³/mol. The zero-order chi connectivity index (χ0) is 10.8. The van der Waals surface area contributed by atoms with Crippen molar-refractivity contribution in [1.82, 2.24) is 5.32 Å². The molecule has 0 aromatic rings. The maximum Gasteiger partial charge on any atom is -0.00493 e. The highest BCUT2D eigenvalue weighted by Crippen LogP contribution is 2.29. The summed E-state index contributed by atoms with van der Waals surface area (Å²) in [4.78, 5) is 0. The molecule has 0 atom stereocenters. The average Bonchev–Trinajstić information content (AvgIpc) is 2.18. The minimum atomic E-state index is 1.00. The number of rotatable bonds is 3. The third-order valence-corrected chi connectivity index (χ3v) is 2.94. The molecule has 1 aliphatic rings. The molecule has 1 aliphatic carbocycles. The molecule has 1 rings (SSSR count). The lowest BCUT2D eigenvalue weighted by Gasteiger charge is -2.25. The van der Waals surface area contributed by atoms with E-state index < -0.39 is 0 Å². The summed E-state index contributed by atoms with van der Waals surface area (Å²) < 4.78 is 0. The lowest BCUT2D eigenvalue weighted by molar-refractivity contribution is 0.277. The van der Waals surface area contributed by atoms with Crippen LogP contribution in [-0.4, -0.2) is 13.6 Å². The van der Waals surface area contributed by atoms with Crippen molar-refractivity contribution in [2.45, 2.75) is 59.3 Å². The van der Waals surface area contributed by atoms with Gasteiger partial charge < -0.3 is 5.32 Å². The van der Waals surface area contributed by atoms with Crippen LogP contribution in [0.15, 0.2) is 0 Å². The molecule has 0 radical (unpaired) electrons. The van der Waals surface area contributed by atoms with E-state index in [1.165, 1.54) is 45.1 Å². The van der Waals surface area contributed by atoms with Crippen LogP contribution < -0.4 is 5.32 Å². The van der Waals surface area contributed by atoms with Gasteiger partial charge >= 0.3 is 0 Å². The monoisotopic (exact) mass is 199 g/mol. The highest BCUT2D eigenvalue weighted by atomic mass is 14.8. The van der Waals surface area contributed by atoms with Crippen molar-refractivity contribution >= 4 is 0 Å². The Kier molecular flexibility index (Phi) is 9.49. The zero-order valence-electron chi connectivity index (χ0n) is 10.6. The van der Waals surface area contributed by atoms with Crippen LogP contribution in [0.25, 0.3) is 0 Å². The van der Waals surface area contributed by atoms with Crippen LogP contribution in [0.2, 0.25) is 0 Å². The molecule has 0 spiro atoms. The van der Waals surface area contributed by atoms with E-state index in [0.29, 0.717) is 0 Å². The van der Waals surface area contributed by atoms with Gasteiger partial charge in [-0.3, -0.25) is 0 Å². The van der Waals surface area contributed by atoms with Crippen molar-refractivity contribution in [2.24, 2.45) is 11.8 Å². The first-order valence-electron chi connectivity index (χ1n) is 6.39. The Hall–Kier alpha value is -0.0400. The Balaban J connectivity index is 0.000000500. The van der Waals surface area contributed by atoms with Gasteiger partial charge in [-0.2, -0.15) is 0 Å². The molecule has 0 saturated heterocycles. The Bertz CT molecular complexity index is 101. The van der Waals surface area contributed by atoms with Crippen LogP contribution in [0.3, 0.4) is 0 Å². The molecule has 86 valence electrons. The fraction of sp³-hybridized carbons (Fsp3) is 1.00. The molecule has 1 nitrogen and oxygen atoms in total. The van der Waals surface area contributed by atoms with Gasteiger partial charge in [-0.1, -0.05) is 52.9 Å². The second-order valence-corrected chi connectivity index (χ2v) is 4.73. The van der Waals surface area contributed by atoms with E-state index in [-0.39, 0.29) is 0 Å². The number of nitrogens with one attached hydrogen (secondary N) is 1. The Labute approximate surface area is 90.7 Å². The molecule has 0 aromatic carbocycles. The van der Waals surface area contributed by atoms with Crippen molar-refractivity contribution in [3.63, 3.8) is 0 Å². The smallest absolute Gasteiger partial charge is 0.00493 e.